The van der Waals surface area contributed by atoms with Crippen molar-refractivity contribution in [2.75, 3.05) is 50.7 Å². The van der Waals surface area contributed by atoms with Gasteiger partial charge in [-0.25, -0.2) is 8.42 Å². The number of rotatable bonds is 7. The Morgan fingerprint density at radius 2 is 1.61 bits per heavy atom. The number of nitrogens with zero attached hydrogens (tertiary/aromatic N) is 3. The molecule has 0 aliphatic carbocycles. The Morgan fingerprint density at radius 1 is 1.00 bits per heavy atom. The number of anilines is 1. The number of amides is 1. The summed E-state index contributed by atoms with van der Waals surface area (Å²) in [7, 11) is -2.59. The molecule has 2 aromatic rings. The molecule has 1 aliphatic heterocycles. The number of carbonyl (C=O) groups excluding carboxylic acids is 1. The van der Waals surface area contributed by atoms with E-state index in [-0.39, 0.29) is 23.1 Å². The lowest BCUT2D eigenvalue weighted by Gasteiger charge is -2.35. The Kier molecular flexibility index (Phi) is 7.23. The van der Waals surface area contributed by atoms with E-state index in [0.717, 1.165) is 30.8 Å². The molecule has 3 rings (SSSR count). The van der Waals surface area contributed by atoms with E-state index in [1.807, 2.05) is 26.0 Å². The standard InChI is InChI=1S/C23H31N3O4S/c1-5-24-12-14-25(15-13-24)23(27)17-26(20-9-6-18(2)7-10-20)31(28,29)22-16-19(3)8-11-21(22)30-4/h6-11,16H,5,12-15,17H2,1-4H3. The average molecular weight is 446 g/mol. The number of piperazine rings is 1. The van der Waals surface area contributed by atoms with Crippen LogP contribution in [-0.4, -0.2) is 70.5 Å². The second-order valence-electron chi connectivity index (χ2n) is 7.82. The molecule has 0 radical (unpaired) electrons. The van der Waals surface area contributed by atoms with Crippen molar-refractivity contribution in [3.63, 3.8) is 0 Å². The van der Waals surface area contributed by atoms with Gasteiger partial charge in [-0.2, -0.15) is 0 Å². The maximum absolute atomic E-state index is 13.7. The van der Waals surface area contributed by atoms with Crippen LogP contribution in [0.1, 0.15) is 18.1 Å². The first-order valence-electron chi connectivity index (χ1n) is 10.5. The monoisotopic (exact) mass is 445 g/mol. The molecule has 31 heavy (non-hydrogen) atoms. The van der Waals surface area contributed by atoms with Crippen molar-refractivity contribution in [3.05, 3.63) is 53.6 Å². The predicted octanol–water partition coefficient (Wildman–Crippen LogP) is 2.67. The van der Waals surface area contributed by atoms with E-state index < -0.39 is 10.0 Å². The van der Waals surface area contributed by atoms with E-state index in [2.05, 4.69) is 11.8 Å². The average Bonchev–Trinajstić information content (AvgIpc) is 2.78. The van der Waals surface area contributed by atoms with Crippen molar-refractivity contribution in [2.45, 2.75) is 25.7 Å². The smallest absolute Gasteiger partial charge is 0.268 e. The molecule has 1 heterocycles. The van der Waals surface area contributed by atoms with E-state index in [9.17, 15) is 13.2 Å². The summed E-state index contributed by atoms with van der Waals surface area (Å²) in [5.74, 6) is 0.0539. The van der Waals surface area contributed by atoms with Gasteiger partial charge in [0.25, 0.3) is 10.0 Å². The summed E-state index contributed by atoms with van der Waals surface area (Å²) >= 11 is 0. The van der Waals surface area contributed by atoms with Gasteiger partial charge in [-0.3, -0.25) is 9.10 Å². The molecule has 7 nitrogen and oxygen atoms in total. The Bertz CT molecular complexity index is 1010. The van der Waals surface area contributed by atoms with Gasteiger partial charge in [0.05, 0.1) is 12.8 Å². The van der Waals surface area contributed by atoms with Gasteiger partial charge in [0.2, 0.25) is 5.91 Å². The number of benzene rings is 2. The predicted molar refractivity (Wildman–Crippen MR) is 122 cm³/mol. The molecular weight excluding hydrogens is 414 g/mol. The van der Waals surface area contributed by atoms with Crippen LogP contribution in [0.4, 0.5) is 5.69 Å². The quantitative estimate of drug-likeness (QED) is 0.655. The molecule has 0 spiro atoms. The van der Waals surface area contributed by atoms with Crippen molar-refractivity contribution in [3.8, 4) is 5.75 Å². The minimum Gasteiger partial charge on any atom is -0.495 e. The highest BCUT2D eigenvalue weighted by molar-refractivity contribution is 7.93. The van der Waals surface area contributed by atoms with Crippen molar-refractivity contribution in [2.24, 2.45) is 0 Å². The second-order valence-corrected chi connectivity index (χ2v) is 9.65. The number of likely N-dealkylation sites (N-methyl/N-ethyl adjacent to an activating group) is 1. The Hall–Kier alpha value is -2.58. The van der Waals surface area contributed by atoms with Gasteiger partial charge in [0, 0.05) is 26.2 Å². The van der Waals surface area contributed by atoms with Crippen LogP contribution in [0, 0.1) is 13.8 Å². The van der Waals surface area contributed by atoms with Crippen LogP contribution in [0.3, 0.4) is 0 Å². The van der Waals surface area contributed by atoms with Gasteiger partial charge in [-0.15, -0.1) is 0 Å². The van der Waals surface area contributed by atoms with Crippen LogP contribution >= 0.6 is 0 Å². The third kappa shape index (κ3) is 5.19. The third-order valence-electron chi connectivity index (χ3n) is 5.66. The molecule has 1 fully saturated rings. The van der Waals surface area contributed by atoms with Crippen LogP contribution in [0.5, 0.6) is 5.75 Å². The van der Waals surface area contributed by atoms with Gasteiger partial charge >= 0.3 is 0 Å². The molecule has 0 N–H and O–H groups in total. The molecular formula is C23H31N3O4S. The van der Waals surface area contributed by atoms with Crippen molar-refractivity contribution >= 4 is 21.6 Å². The van der Waals surface area contributed by atoms with Gasteiger partial charge in [-0.05, 0) is 50.2 Å². The Morgan fingerprint density at radius 3 is 2.19 bits per heavy atom. The molecule has 1 saturated heterocycles. The van der Waals surface area contributed by atoms with Gasteiger partial charge in [-0.1, -0.05) is 30.7 Å². The van der Waals surface area contributed by atoms with Crippen LogP contribution in [0.15, 0.2) is 47.4 Å². The fourth-order valence-electron chi connectivity index (χ4n) is 3.67. The first kappa shape index (κ1) is 23.1. The fraction of sp³-hybridized carbons (Fsp3) is 0.435. The number of ether oxygens (including phenoxy) is 1. The van der Waals surface area contributed by atoms with Crippen molar-refractivity contribution < 1.29 is 17.9 Å². The topological polar surface area (TPSA) is 70.2 Å². The first-order valence-corrected chi connectivity index (χ1v) is 11.9. The largest absolute Gasteiger partial charge is 0.495 e. The highest BCUT2D eigenvalue weighted by atomic mass is 32.2. The summed E-state index contributed by atoms with van der Waals surface area (Å²) in [5, 5.41) is 0. The number of methoxy groups -OCH3 is 1. The maximum atomic E-state index is 13.7. The highest BCUT2D eigenvalue weighted by Crippen LogP contribution is 2.31. The minimum absolute atomic E-state index is 0.0548. The number of hydrogen-bond donors (Lipinski definition) is 0. The summed E-state index contributed by atoms with van der Waals surface area (Å²) in [4.78, 5) is 17.2. The SMILES string of the molecule is CCN1CCN(C(=O)CN(c2ccc(C)cc2)S(=O)(=O)c2cc(C)ccc2OC)CC1. The zero-order valence-corrected chi connectivity index (χ0v) is 19.5. The highest BCUT2D eigenvalue weighted by Gasteiger charge is 2.32. The van der Waals surface area contributed by atoms with E-state index in [1.54, 1.807) is 35.2 Å². The molecule has 168 valence electrons. The van der Waals surface area contributed by atoms with Crippen LogP contribution in [0.2, 0.25) is 0 Å². The number of hydrogen-bond acceptors (Lipinski definition) is 5. The van der Waals surface area contributed by atoms with Crippen molar-refractivity contribution in [1.29, 1.82) is 0 Å². The zero-order valence-electron chi connectivity index (χ0n) is 18.7. The summed E-state index contributed by atoms with van der Waals surface area (Å²) in [6.45, 7) is 9.34. The van der Waals surface area contributed by atoms with E-state index in [4.69, 9.17) is 4.74 Å². The maximum Gasteiger partial charge on any atom is 0.268 e. The van der Waals surface area contributed by atoms with Crippen LogP contribution < -0.4 is 9.04 Å². The Labute approximate surface area is 185 Å². The second kappa shape index (κ2) is 9.70. The fourth-order valence-corrected chi connectivity index (χ4v) is 5.32. The lowest BCUT2D eigenvalue weighted by Crippen LogP contribution is -2.51. The molecule has 0 saturated carbocycles. The summed E-state index contributed by atoms with van der Waals surface area (Å²) < 4.78 is 34.0. The summed E-state index contributed by atoms with van der Waals surface area (Å²) in [5.41, 5.74) is 2.26. The Balaban J connectivity index is 1.96. The third-order valence-corrected chi connectivity index (χ3v) is 7.46. The van der Waals surface area contributed by atoms with Crippen LogP contribution in [-0.2, 0) is 14.8 Å². The number of carbonyl (C=O) groups is 1. The molecule has 0 unspecified atom stereocenters. The zero-order chi connectivity index (χ0) is 22.6. The normalized spacial score (nSPS) is 15.0. The van der Waals surface area contributed by atoms with Gasteiger partial charge in [0.1, 0.15) is 17.2 Å². The van der Waals surface area contributed by atoms with Crippen molar-refractivity contribution in [1.82, 2.24) is 9.80 Å². The van der Waals surface area contributed by atoms with Gasteiger partial charge in [0.15, 0.2) is 0 Å². The summed E-state index contributed by atoms with van der Waals surface area (Å²) in [6, 6.07) is 12.2. The summed E-state index contributed by atoms with van der Waals surface area (Å²) in [6.07, 6.45) is 0. The molecule has 0 atom stereocenters. The lowest BCUT2D eigenvalue weighted by molar-refractivity contribution is -0.131. The first-order chi connectivity index (χ1) is 14.8. The molecule has 8 heteroatoms. The molecule has 2 aromatic carbocycles. The number of sulfonamides is 1. The molecule has 0 aromatic heterocycles. The van der Waals surface area contributed by atoms with E-state index in [0.29, 0.717) is 18.8 Å². The number of aryl methyl sites for hydroxylation is 2. The lowest BCUT2D eigenvalue weighted by atomic mass is 10.2. The van der Waals surface area contributed by atoms with E-state index in [1.165, 1.54) is 11.4 Å². The van der Waals surface area contributed by atoms with E-state index >= 15 is 0 Å². The molecule has 0 bridgehead atoms. The van der Waals surface area contributed by atoms with Crippen LogP contribution in [0.25, 0.3) is 0 Å². The molecule has 1 amide bonds. The molecule has 1 aliphatic rings. The van der Waals surface area contributed by atoms with Gasteiger partial charge < -0.3 is 14.5 Å². The minimum atomic E-state index is -4.03.